The number of benzene rings is 2. The molecule has 0 aliphatic heterocycles. The lowest BCUT2D eigenvalue weighted by atomic mass is 9.82. The van der Waals surface area contributed by atoms with E-state index in [-0.39, 0.29) is 28.6 Å². The molecule has 0 fully saturated rings. The van der Waals surface area contributed by atoms with Crippen molar-refractivity contribution in [2.45, 2.75) is 33.1 Å². The number of phenols is 2. The minimum Gasteiger partial charge on any atom is -0.507 e. The van der Waals surface area contributed by atoms with E-state index in [1.807, 2.05) is 13.0 Å². The van der Waals surface area contributed by atoms with Gasteiger partial charge in [-0.3, -0.25) is 4.79 Å². The zero-order chi connectivity index (χ0) is 22.2. The Bertz CT molecular complexity index is 893. The van der Waals surface area contributed by atoms with Gasteiger partial charge in [-0.25, -0.2) is 0 Å². The molecular weight excluding hydrogens is 400 g/mol. The molecule has 0 radical (unpaired) electrons. The summed E-state index contributed by atoms with van der Waals surface area (Å²) in [6.45, 7) is 7.64. The van der Waals surface area contributed by atoms with Gasteiger partial charge in [0.2, 0.25) is 0 Å². The first kappa shape index (κ1) is 23.3. The number of aromatic hydroxyl groups is 2. The Morgan fingerprint density at radius 2 is 1.55 bits per heavy atom. The summed E-state index contributed by atoms with van der Waals surface area (Å²) in [6.07, 6.45) is 2.13. The summed E-state index contributed by atoms with van der Waals surface area (Å²) >= 11 is 0. The van der Waals surface area contributed by atoms with E-state index in [0.717, 1.165) is 25.0 Å². The van der Waals surface area contributed by atoms with Gasteiger partial charge >= 0.3 is 0 Å². The predicted octanol–water partition coefficient (Wildman–Crippen LogP) is 3.85. The second-order valence-electron chi connectivity index (χ2n) is 7.92. The molecule has 7 heteroatoms. The van der Waals surface area contributed by atoms with Crippen LogP contribution in [0, 0.1) is 5.92 Å². The van der Waals surface area contributed by atoms with Crippen molar-refractivity contribution in [3.05, 3.63) is 29.3 Å². The van der Waals surface area contributed by atoms with Gasteiger partial charge in [0.05, 0.1) is 44.0 Å². The van der Waals surface area contributed by atoms with Crippen molar-refractivity contribution in [2.24, 2.45) is 5.92 Å². The van der Waals surface area contributed by atoms with Crippen LogP contribution < -0.4 is 4.74 Å². The molecule has 31 heavy (non-hydrogen) atoms. The quantitative estimate of drug-likeness (QED) is 0.492. The largest absolute Gasteiger partial charge is 0.507 e. The number of carbonyl (C=O) groups is 1. The lowest BCUT2D eigenvalue weighted by molar-refractivity contribution is 0.00945. The highest BCUT2D eigenvalue weighted by atomic mass is 16.6. The number of fused-ring (bicyclic) bond motifs is 2. The Labute approximate surface area is 182 Å². The molecule has 0 saturated carbocycles. The van der Waals surface area contributed by atoms with Crippen LogP contribution in [0.15, 0.2) is 18.2 Å². The van der Waals surface area contributed by atoms with Gasteiger partial charge in [0, 0.05) is 19.1 Å². The highest BCUT2D eigenvalue weighted by Gasteiger charge is 2.27. The molecule has 170 valence electrons. The number of hydrogen-bond acceptors (Lipinski definition) is 7. The summed E-state index contributed by atoms with van der Waals surface area (Å²) in [5, 5.41) is 22.0. The van der Waals surface area contributed by atoms with Gasteiger partial charge in [-0.05, 0) is 41.8 Å². The average molecular weight is 433 g/mol. The third kappa shape index (κ3) is 6.09. The van der Waals surface area contributed by atoms with Crippen molar-refractivity contribution >= 4 is 16.6 Å². The molecule has 7 nitrogen and oxygen atoms in total. The lowest BCUT2D eigenvalue weighted by Crippen LogP contribution is -2.18. The number of ether oxygens (including phenoxy) is 4. The lowest BCUT2D eigenvalue weighted by Gasteiger charge is -2.22. The van der Waals surface area contributed by atoms with Crippen LogP contribution >= 0.6 is 0 Å². The zero-order valence-corrected chi connectivity index (χ0v) is 18.3. The second kappa shape index (κ2) is 11.3. The summed E-state index contributed by atoms with van der Waals surface area (Å²) in [7, 11) is 0. The van der Waals surface area contributed by atoms with Gasteiger partial charge < -0.3 is 29.2 Å². The first-order chi connectivity index (χ1) is 15.0. The molecule has 0 spiro atoms. The summed E-state index contributed by atoms with van der Waals surface area (Å²) < 4.78 is 21.9. The molecule has 1 aliphatic rings. The summed E-state index contributed by atoms with van der Waals surface area (Å²) in [5.74, 6) is 0.375. The van der Waals surface area contributed by atoms with E-state index in [1.165, 1.54) is 6.07 Å². The van der Waals surface area contributed by atoms with Crippen molar-refractivity contribution in [1.29, 1.82) is 0 Å². The normalized spacial score (nSPS) is 15.9. The van der Waals surface area contributed by atoms with Crippen LogP contribution in [-0.4, -0.2) is 62.2 Å². The molecule has 0 bridgehead atoms. The van der Waals surface area contributed by atoms with E-state index in [0.29, 0.717) is 62.8 Å². The van der Waals surface area contributed by atoms with E-state index < -0.39 is 0 Å². The fourth-order valence-electron chi connectivity index (χ4n) is 3.86. The minimum atomic E-state index is -0.142. The van der Waals surface area contributed by atoms with E-state index in [2.05, 4.69) is 6.92 Å². The van der Waals surface area contributed by atoms with Crippen LogP contribution in [0.3, 0.4) is 0 Å². The molecular formula is C24H32O7. The van der Waals surface area contributed by atoms with Gasteiger partial charge in [0.15, 0.2) is 5.78 Å². The predicted molar refractivity (Wildman–Crippen MR) is 117 cm³/mol. The third-order valence-electron chi connectivity index (χ3n) is 5.22. The van der Waals surface area contributed by atoms with Crippen molar-refractivity contribution in [1.82, 2.24) is 0 Å². The number of hydrogen-bond donors (Lipinski definition) is 2. The molecule has 2 aromatic carbocycles. The van der Waals surface area contributed by atoms with Crippen molar-refractivity contribution in [2.75, 3.05) is 46.2 Å². The highest BCUT2D eigenvalue weighted by molar-refractivity contribution is 6.08. The van der Waals surface area contributed by atoms with E-state index in [4.69, 9.17) is 18.9 Å². The van der Waals surface area contributed by atoms with Crippen LogP contribution in [0.1, 0.15) is 42.6 Å². The van der Waals surface area contributed by atoms with E-state index in [9.17, 15) is 15.0 Å². The first-order valence-electron chi connectivity index (χ1n) is 10.9. The maximum Gasteiger partial charge on any atom is 0.167 e. The van der Waals surface area contributed by atoms with E-state index in [1.54, 1.807) is 6.07 Å². The van der Waals surface area contributed by atoms with Crippen molar-refractivity contribution in [3.63, 3.8) is 0 Å². The van der Waals surface area contributed by atoms with Gasteiger partial charge in [0.1, 0.15) is 23.9 Å². The summed E-state index contributed by atoms with van der Waals surface area (Å²) in [5.41, 5.74) is 1.15. The molecule has 0 heterocycles. The topological polar surface area (TPSA) is 94.5 Å². The number of ketones is 1. The molecule has 3 rings (SSSR count). The standard InChI is InChI=1S/C24H32O7/c1-3-4-28-5-6-29-7-8-30-9-10-31-19-14-18-13-17-11-16(2)12-20(25)22(17)24(27)23(18)21(26)15-19/h13-16,26-27H,3-12H2,1-2H3/t16-/m1/s1. The first-order valence-corrected chi connectivity index (χ1v) is 10.9. The van der Waals surface area contributed by atoms with Crippen molar-refractivity contribution < 1.29 is 34.0 Å². The van der Waals surface area contributed by atoms with Crippen LogP contribution in [0.5, 0.6) is 17.2 Å². The highest BCUT2D eigenvalue weighted by Crippen LogP contribution is 2.42. The fourth-order valence-corrected chi connectivity index (χ4v) is 3.86. The molecule has 0 amide bonds. The van der Waals surface area contributed by atoms with Crippen molar-refractivity contribution in [3.8, 4) is 17.2 Å². The molecule has 2 aromatic rings. The average Bonchev–Trinajstić information content (AvgIpc) is 2.71. The molecule has 0 unspecified atom stereocenters. The fraction of sp³-hybridized carbons (Fsp3) is 0.542. The molecule has 0 saturated heterocycles. The monoisotopic (exact) mass is 432 g/mol. The Morgan fingerprint density at radius 3 is 2.23 bits per heavy atom. The number of carbonyl (C=O) groups excluding carboxylic acids is 1. The zero-order valence-electron chi connectivity index (χ0n) is 18.3. The molecule has 0 aromatic heterocycles. The molecule has 1 atom stereocenters. The Hall–Kier alpha value is -2.35. The second-order valence-corrected chi connectivity index (χ2v) is 7.92. The Morgan fingerprint density at radius 1 is 0.903 bits per heavy atom. The third-order valence-corrected chi connectivity index (χ3v) is 5.22. The smallest absolute Gasteiger partial charge is 0.167 e. The van der Waals surface area contributed by atoms with Crippen LogP contribution in [-0.2, 0) is 20.6 Å². The van der Waals surface area contributed by atoms with Gasteiger partial charge in [-0.15, -0.1) is 0 Å². The van der Waals surface area contributed by atoms with Crippen LogP contribution in [0.25, 0.3) is 10.8 Å². The van der Waals surface area contributed by atoms with Crippen LogP contribution in [0.2, 0.25) is 0 Å². The number of phenolic OH excluding ortho intramolecular Hbond substituents is 2. The van der Waals surface area contributed by atoms with Gasteiger partial charge in [-0.2, -0.15) is 0 Å². The number of rotatable bonds is 12. The summed E-state index contributed by atoms with van der Waals surface area (Å²) in [4.78, 5) is 12.4. The minimum absolute atomic E-state index is 0.0810. The Balaban J connectivity index is 1.51. The summed E-state index contributed by atoms with van der Waals surface area (Å²) in [6, 6.07) is 5.07. The van der Waals surface area contributed by atoms with Gasteiger partial charge in [0.25, 0.3) is 0 Å². The van der Waals surface area contributed by atoms with Crippen LogP contribution in [0.4, 0.5) is 0 Å². The van der Waals surface area contributed by atoms with E-state index >= 15 is 0 Å². The molecule has 2 N–H and O–H groups in total. The molecule has 1 aliphatic carbocycles. The van der Waals surface area contributed by atoms with Gasteiger partial charge in [-0.1, -0.05) is 13.8 Å². The Kier molecular flexibility index (Phi) is 8.51. The number of Topliss-reactive ketones (excluding diaryl/α,β-unsaturated/α-hetero) is 1. The maximum atomic E-state index is 12.4. The maximum absolute atomic E-state index is 12.4. The SMILES string of the molecule is CCCOCCOCCOCCOc1cc(O)c2c(O)c3c(cc2c1)C[C@@H](C)CC3=O.